The topological polar surface area (TPSA) is 83.0 Å². The summed E-state index contributed by atoms with van der Waals surface area (Å²) in [5.41, 5.74) is 0. The van der Waals surface area contributed by atoms with E-state index in [9.17, 15) is 8.42 Å². The molecule has 0 heterocycles. The number of aliphatic imine (C=N–C) groups is 1. The van der Waals surface area contributed by atoms with Gasteiger partial charge in [-0.05, 0) is 27.2 Å². The van der Waals surface area contributed by atoms with E-state index in [1.807, 2.05) is 13.8 Å². The van der Waals surface area contributed by atoms with Crippen LogP contribution in [0.15, 0.2) is 4.99 Å². The summed E-state index contributed by atoms with van der Waals surface area (Å²) in [5, 5.41) is 6.38. The van der Waals surface area contributed by atoms with Gasteiger partial charge in [0, 0.05) is 39.8 Å². The lowest BCUT2D eigenvalue weighted by molar-refractivity contribution is 0.179. The molecule has 0 bridgehead atoms. The van der Waals surface area contributed by atoms with Gasteiger partial charge >= 0.3 is 0 Å². The molecule has 0 rings (SSSR count). The summed E-state index contributed by atoms with van der Waals surface area (Å²) in [7, 11) is 0.164. The van der Waals surface area contributed by atoms with Gasteiger partial charge in [0.2, 0.25) is 10.0 Å². The SMILES string of the molecule is CCNC(=NCCCN(C)S(=O)(=O)CC)NC(C)COC.I. The van der Waals surface area contributed by atoms with Crippen LogP contribution in [-0.2, 0) is 14.8 Å². The molecule has 0 amide bonds. The summed E-state index contributed by atoms with van der Waals surface area (Å²) in [6.45, 7) is 8.08. The Morgan fingerprint density at radius 3 is 2.50 bits per heavy atom. The maximum absolute atomic E-state index is 11.6. The Balaban J connectivity index is 0. The second kappa shape index (κ2) is 13.3. The first kappa shape index (κ1) is 24.1. The number of guanidine groups is 1. The van der Waals surface area contributed by atoms with Crippen LogP contribution in [0.1, 0.15) is 27.2 Å². The first-order valence-electron chi connectivity index (χ1n) is 7.35. The normalized spacial score (nSPS) is 13.6. The van der Waals surface area contributed by atoms with Gasteiger partial charge in [0.15, 0.2) is 5.96 Å². The Bertz CT molecular complexity index is 404. The number of ether oxygens (including phenoxy) is 1. The first-order valence-corrected chi connectivity index (χ1v) is 8.96. The van der Waals surface area contributed by atoms with Gasteiger partial charge in [-0.25, -0.2) is 12.7 Å². The Morgan fingerprint density at radius 1 is 1.36 bits per heavy atom. The van der Waals surface area contributed by atoms with Crippen LogP contribution in [-0.4, -0.2) is 70.9 Å². The van der Waals surface area contributed by atoms with E-state index in [-0.39, 0.29) is 35.8 Å². The average molecular weight is 450 g/mol. The molecule has 0 fully saturated rings. The second-order valence-electron chi connectivity index (χ2n) is 4.84. The zero-order chi connectivity index (χ0) is 16.3. The predicted octanol–water partition coefficient (Wildman–Crippen LogP) is 0.866. The summed E-state index contributed by atoms with van der Waals surface area (Å²) in [5.74, 6) is 0.856. The fraction of sp³-hybridized carbons (Fsp3) is 0.923. The van der Waals surface area contributed by atoms with Crippen LogP contribution in [0, 0.1) is 0 Å². The van der Waals surface area contributed by atoms with E-state index in [1.54, 1.807) is 21.1 Å². The Kier molecular flexibility index (Phi) is 14.6. The minimum absolute atomic E-state index is 0. The largest absolute Gasteiger partial charge is 0.383 e. The lowest BCUT2D eigenvalue weighted by Crippen LogP contribution is -2.44. The van der Waals surface area contributed by atoms with Gasteiger partial charge in [-0.3, -0.25) is 4.99 Å². The minimum Gasteiger partial charge on any atom is -0.383 e. The average Bonchev–Trinajstić information content (AvgIpc) is 2.43. The molecule has 0 spiro atoms. The molecular formula is C13H31IN4O3S. The molecule has 1 unspecified atom stereocenters. The molecule has 134 valence electrons. The van der Waals surface area contributed by atoms with Crippen molar-refractivity contribution in [1.82, 2.24) is 14.9 Å². The van der Waals surface area contributed by atoms with Gasteiger partial charge in [0.05, 0.1) is 12.4 Å². The summed E-state index contributed by atoms with van der Waals surface area (Å²) in [6.07, 6.45) is 0.685. The molecule has 0 radical (unpaired) electrons. The maximum Gasteiger partial charge on any atom is 0.213 e. The molecule has 0 aromatic heterocycles. The van der Waals surface area contributed by atoms with Gasteiger partial charge in [0.25, 0.3) is 0 Å². The van der Waals surface area contributed by atoms with Gasteiger partial charge in [0.1, 0.15) is 0 Å². The quantitative estimate of drug-likeness (QED) is 0.223. The molecule has 0 aromatic carbocycles. The van der Waals surface area contributed by atoms with Crippen molar-refractivity contribution in [2.75, 3.05) is 46.2 Å². The number of nitrogens with one attached hydrogen (secondary N) is 2. The molecule has 2 N–H and O–H groups in total. The van der Waals surface area contributed by atoms with E-state index in [0.717, 1.165) is 12.5 Å². The van der Waals surface area contributed by atoms with Crippen molar-refractivity contribution in [3.05, 3.63) is 0 Å². The van der Waals surface area contributed by atoms with Crippen molar-refractivity contribution in [1.29, 1.82) is 0 Å². The fourth-order valence-corrected chi connectivity index (χ4v) is 2.54. The highest BCUT2D eigenvalue weighted by Gasteiger charge is 2.13. The zero-order valence-electron chi connectivity index (χ0n) is 14.3. The van der Waals surface area contributed by atoms with E-state index in [1.165, 1.54) is 4.31 Å². The van der Waals surface area contributed by atoms with Crippen LogP contribution < -0.4 is 10.6 Å². The third-order valence-corrected chi connectivity index (χ3v) is 4.75. The summed E-state index contributed by atoms with van der Waals surface area (Å²) in [4.78, 5) is 4.43. The van der Waals surface area contributed by atoms with Crippen molar-refractivity contribution in [2.45, 2.75) is 33.2 Å². The van der Waals surface area contributed by atoms with E-state index in [2.05, 4.69) is 15.6 Å². The van der Waals surface area contributed by atoms with Crippen molar-refractivity contribution in [3.8, 4) is 0 Å². The summed E-state index contributed by atoms with van der Waals surface area (Å²) < 4.78 is 29.7. The van der Waals surface area contributed by atoms with Crippen LogP contribution in [0.5, 0.6) is 0 Å². The fourth-order valence-electron chi connectivity index (χ4n) is 1.69. The monoisotopic (exact) mass is 450 g/mol. The number of rotatable bonds is 10. The van der Waals surface area contributed by atoms with Gasteiger partial charge in [-0.2, -0.15) is 0 Å². The molecule has 7 nitrogen and oxygen atoms in total. The van der Waals surface area contributed by atoms with Crippen LogP contribution in [0.4, 0.5) is 0 Å². The minimum atomic E-state index is -3.10. The Morgan fingerprint density at radius 2 is 2.00 bits per heavy atom. The van der Waals surface area contributed by atoms with Crippen molar-refractivity contribution < 1.29 is 13.2 Å². The maximum atomic E-state index is 11.6. The van der Waals surface area contributed by atoms with E-state index in [4.69, 9.17) is 4.74 Å². The number of halogens is 1. The summed E-state index contributed by atoms with van der Waals surface area (Å²) in [6, 6.07) is 0.163. The lowest BCUT2D eigenvalue weighted by atomic mass is 10.4. The third kappa shape index (κ3) is 10.6. The predicted molar refractivity (Wildman–Crippen MR) is 103 cm³/mol. The van der Waals surface area contributed by atoms with Gasteiger partial charge in [-0.1, -0.05) is 0 Å². The van der Waals surface area contributed by atoms with Gasteiger partial charge < -0.3 is 15.4 Å². The molecule has 1 atom stereocenters. The molecule has 0 aliphatic carbocycles. The number of methoxy groups -OCH3 is 1. The third-order valence-electron chi connectivity index (χ3n) is 2.88. The molecule has 9 heteroatoms. The molecular weight excluding hydrogens is 419 g/mol. The smallest absolute Gasteiger partial charge is 0.213 e. The zero-order valence-corrected chi connectivity index (χ0v) is 17.4. The van der Waals surface area contributed by atoms with Crippen LogP contribution in [0.2, 0.25) is 0 Å². The van der Waals surface area contributed by atoms with E-state index >= 15 is 0 Å². The number of hydrogen-bond donors (Lipinski definition) is 2. The number of sulfonamides is 1. The molecule has 0 saturated carbocycles. The van der Waals surface area contributed by atoms with Crippen molar-refractivity contribution in [3.63, 3.8) is 0 Å². The molecule has 0 aliphatic rings. The van der Waals surface area contributed by atoms with Crippen molar-refractivity contribution >= 4 is 40.0 Å². The Hall–Kier alpha value is -0.130. The van der Waals surface area contributed by atoms with Crippen LogP contribution >= 0.6 is 24.0 Å². The highest BCUT2D eigenvalue weighted by molar-refractivity contribution is 14.0. The van der Waals surface area contributed by atoms with Crippen LogP contribution in [0.25, 0.3) is 0 Å². The second-order valence-corrected chi connectivity index (χ2v) is 7.20. The Labute approximate surface area is 152 Å². The molecule has 0 aromatic rings. The summed E-state index contributed by atoms with van der Waals surface area (Å²) >= 11 is 0. The molecule has 22 heavy (non-hydrogen) atoms. The lowest BCUT2D eigenvalue weighted by Gasteiger charge is -2.17. The van der Waals surface area contributed by atoms with E-state index < -0.39 is 10.0 Å². The molecule has 0 aliphatic heterocycles. The highest BCUT2D eigenvalue weighted by Crippen LogP contribution is 1.99. The van der Waals surface area contributed by atoms with Crippen molar-refractivity contribution in [2.24, 2.45) is 4.99 Å². The first-order chi connectivity index (χ1) is 9.87. The van der Waals surface area contributed by atoms with Gasteiger partial charge in [-0.15, -0.1) is 24.0 Å². The standard InChI is InChI=1S/C13H30N4O3S.HI/c1-6-14-13(16-12(3)11-20-5)15-9-8-10-17(4)21(18,19)7-2;/h12H,6-11H2,1-5H3,(H2,14,15,16);1H. The highest BCUT2D eigenvalue weighted by atomic mass is 127. The molecule has 0 saturated heterocycles. The number of hydrogen-bond acceptors (Lipinski definition) is 4. The number of nitrogens with zero attached hydrogens (tertiary/aromatic N) is 2. The van der Waals surface area contributed by atoms with Crippen LogP contribution in [0.3, 0.4) is 0 Å². The van der Waals surface area contributed by atoms with E-state index in [0.29, 0.717) is 26.1 Å².